The highest BCUT2D eigenvalue weighted by Crippen LogP contribution is 2.41. The molecular weight excluding hydrogens is 208 g/mol. The van der Waals surface area contributed by atoms with Gasteiger partial charge in [-0.25, -0.2) is 0 Å². The van der Waals surface area contributed by atoms with E-state index in [1.54, 1.807) is 4.90 Å². The fraction of sp³-hybridized carbons (Fsp3) is 0.917. The molecular formula is C12H21ClN2. The maximum Gasteiger partial charge on any atom is 0.0903 e. The Morgan fingerprint density at radius 3 is 2.47 bits per heavy atom. The van der Waals surface area contributed by atoms with Gasteiger partial charge in [0.15, 0.2) is 0 Å². The predicted molar refractivity (Wildman–Crippen MR) is 55.9 cm³/mol. The van der Waals surface area contributed by atoms with E-state index in [1.165, 1.54) is 51.6 Å². The number of hydrogen-bond acceptors (Lipinski definition) is 1. The molecule has 15 heavy (non-hydrogen) atoms. The zero-order valence-electron chi connectivity index (χ0n) is 9.40. The van der Waals surface area contributed by atoms with Crippen LogP contribution >= 0.6 is 0 Å². The lowest BCUT2D eigenvalue weighted by Crippen LogP contribution is -3.14. The van der Waals surface area contributed by atoms with Crippen LogP contribution in [-0.2, 0) is 0 Å². The van der Waals surface area contributed by atoms with Crippen LogP contribution in [0.1, 0.15) is 44.9 Å². The Morgan fingerprint density at radius 2 is 1.80 bits per heavy atom. The first-order valence-electron chi connectivity index (χ1n) is 6.05. The van der Waals surface area contributed by atoms with E-state index in [0.717, 1.165) is 13.0 Å². The molecule has 1 atom stereocenters. The normalized spacial score (nSPS) is 28.3. The molecule has 0 aromatic heterocycles. The molecule has 3 heteroatoms. The number of halogens is 1. The van der Waals surface area contributed by atoms with Crippen LogP contribution < -0.4 is 17.3 Å². The molecule has 2 fully saturated rings. The molecule has 0 aromatic rings. The van der Waals surface area contributed by atoms with Crippen molar-refractivity contribution in [3.63, 3.8) is 0 Å². The van der Waals surface area contributed by atoms with Crippen molar-refractivity contribution < 1.29 is 17.3 Å². The highest BCUT2D eigenvalue weighted by Gasteiger charge is 2.39. The molecule has 1 unspecified atom stereocenters. The van der Waals surface area contributed by atoms with Gasteiger partial charge in [-0.1, -0.05) is 12.8 Å². The second-order valence-electron chi connectivity index (χ2n) is 5.15. The molecule has 86 valence electrons. The Bertz CT molecular complexity index is 228. The van der Waals surface area contributed by atoms with E-state index >= 15 is 0 Å². The van der Waals surface area contributed by atoms with Crippen molar-refractivity contribution >= 4 is 0 Å². The van der Waals surface area contributed by atoms with Crippen molar-refractivity contribution in [2.24, 2.45) is 5.41 Å². The number of likely N-dealkylation sites (tertiary alicyclic amines) is 1. The highest BCUT2D eigenvalue weighted by molar-refractivity contribution is 4.85. The molecule has 1 aliphatic carbocycles. The zero-order chi connectivity index (χ0) is 9.86. The van der Waals surface area contributed by atoms with E-state index in [4.69, 9.17) is 5.26 Å². The minimum Gasteiger partial charge on any atom is -1.00 e. The van der Waals surface area contributed by atoms with Gasteiger partial charge in [0.2, 0.25) is 0 Å². The molecule has 0 amide bonds. The molecule has 0 aromatic carbocycles. The quantitative estimate of drug-likeness (QED) is 0.590. The van der Waals surface area contributed by atoms with Crippen molar-refractivity contribution in [1.82, 2.24) is 0 Å². The number of rotatable bonds is 2. The number of piperidine rings is 1. The van der Waals surface area contributed by atoms with Crippen molar-refractivity contribution in [3.8, 4) is 6.07 Å². The monoisotopic (exact) mass is 228 g/mol. The van der Waals surface area contributed by atoms with Crippen LogP contribution in [0.25, 0.3) is 0 Å². The molecule has 1 spiro atoms. The predicted octanol–water partition coefficient (Wildman–Crippen LogP) is -1.86. The number of nitriles is 1. The summed E-state index contributed by atoms with van der Waals surface area (Å²) < 4.78 is 0. The summed E-state index contributed by atoms with van der Waals surface area (Å²) in [5, 5.41) is 8.59. The first-order chi connectivity index (χ1) is 6.85. The van der Waals surface area contributed by atoms with Gasteiger partial charge in [0, 0.05) is 5.41 Å². The lowest BCUT2D eigenvalue weighted by atomic mass is 9.78. The molecule has 2 aliphatic rings. The van der Waals surface area contributed by atoms with Gasteiger partial charge in [0.1, 0.15) is 0 Å². The molecule has 1 heterocycles. The van der Waals surface area contributed by atoms with Gasteiger partial charge >= 0.3 is 0 Å². The summed E-state index contributed by atoms with van der Waals surface area (Å²) in [4.78, 5) is 1.69. The van der Waals surface area contributed by atoms with E-state index in [9.17, 15) is 0 Å². The Labute approximate surface area is 99.0 Å². The molecule has 0 radical (unpaired) electrons. The van der Waals surface area contributed by atoms with Crippen LogP contribution in [0.15, 0.2) is 0 Å². The molecule has 1 saturated heterocycles. The first kappa shape index (κ1) is 12.8. The summed E-state index contributed by atoms with van der Waals surface area (Å²) in [6.07, 6.45) is 9.42. The van der Waals surface area contributed by atoms with Crippen LogP contribution in [0.4, 0.5) is 0 Å². The van der Waals surface area contributed by atoms with E-state index in [1.807, 2.05) is 0 Å². The Balaban J connectivity index is 0.00000112. The molecule has 1 saturated carbocycles. The lowest BCUT2D eigenvalue weighted by Gasteiger charge is -2.37. The summed E-state index contributed by atoms with van der Waals surface area (Å²) >= 11 is 0. The summed E-state index contributed by atoms with van der Waals surface area (Å²) in [7, 11) is 0. The maximum atomic E-state index is 8.59. The molecule has 1 N–H and O–H groups in total. The summed E-state index contributed by atoms with van der Waals surface area (Å²) in [6.45, 7) is 3.75. The van der Waals surface area contributed by atoms with Crippen LogP contribution in [0.2, 0.25) is 0 Å². The summed E-state index contributed by atoms with van der Waals surface area (Å²) in [5.74, 6) is 0. The fourth-order valence-corrected chi connectivity index (χ4v) is 3.42. The minimum absolute atomic E-state index is 0. The van der Waals surface area contributed by atoms with E-state index in [2.05, 4.69) is 6.07 Å². The Morgan fingerprint density at radius 1 is 1.13 bits per heavy atom. The van der Waals surface area contributed by atoms with Crippen molar-refractivity contribution in [2.75, 3.05) is 19.6 Å². The van der Waals surface area contributed by atoms with Crippen LogP contribution in [0, 0.1) is 16.7 Å². The molecule has 0 bridgehead atoms. The second-order valence-corrected chi connectivity index (χ2v) is 5.15. The van der Waals surface area contributed by atoms with Gasteiger partial charge in [-0.2, -0.15) is 5.26 Å². The standard InChI is InChI=1S/C12H20N2.ClH/c13-8-4-10-14-9-3-7-12(11-14)5-1-2-6-12;/h1-7,9-11H2;1H. The number of nitrogens with one attached hydrogen (secondary N) is 1. The third kappa shape index (κ3) is 3.09. The van der Waals surface area contributed by atoms with Crippen LogP contribution in [0.5, 0.6) is 0 Å². The van der Waals surface area contributed by atoms with Gasteiger partial charge in [-0.15, -0.1) is 0 Å². The van der Waals surface area contributed by atoms with Gasteiger partial charge in [-0.3, -0.25) is 0 Å². The van der Waals surface area contributed by atoms with Crippen LogP contribution in [0.3, 0.4) is 0 Å². The van der Waals surface area contributed by atoms with E-state index < -0.39 is 0 Å². The smallest absolute Gasteiger partial charge is 0.0903 e. The Kier molecular flexibility index (Phi) is 4.89. The topological polar surface area (TPSA) is 28.2 Å². The van der Waals surface area contributed by atoms with Gasteiger partial charge in [0.25, 0.3) is 0 Å². The van der Waals surface area contributed by atoms with Crippen molar-refractivity contribution in [2.45, 2.75) is 44.9 Å². The average Bonchev–Trinajstić information content (AvgIpc) is 2.63. The molecule has 1 aliphatic heterocycles. The second kappa shape index (κ2) is 5.72. The fourth-order valence-electron chi connectivity index (χ4n) is 3.42. The van der Waals surface area contributed by atoms with Crippen LogP contribution in [-0.4, -0.2) is 19.6 Å². The third-order valence-electron chi connectivity index (χ3n) is 4.12. The highest BCUT2D eigenvalue weighted by atomic mass is 35.5. The number of hydrogen-bond donors (Lipinski definition) is 1. The minimum atomic E-state index is 0. The van der Waals surface area contributed by atoms with E-state index in [-0.39, 0.29) is 12.4 Å². The Hall–Kier alpha value is -0.260. The lowest BCUT2D eigenvalue weighted by molar-refractivity contribution is -0.912. The average molecular weight is 229 g/mol. The molecule has 2 rings (SSSR count). The number of quaternary nitrogens is 1. The van der Waals surface area contributed by atoms with Gasteiger partial charge < -0.3 is 17.3 Å². The zero-order valence-corrected chi connectivity index (χ0v) is 10.2. The van der Waals surface area contributed by atoms with Gasteiger partial charge in [-0.05, 0) is 25.7 Å². The van der Waals surface area contributed by atoms with Crippen molar-refractivity contribution in [3.05, 3.63) is 0 Å². The largest absolute Gasteiger partial charge is 1.00 e. The maximum absolute atomic E-state index is 8.59. The first-order valence-corrected chi connectivity index (χ1v) is 6.05. The van der Waals surface area contributed by atoms with E-state index in [0.29, 0.717) is 5.41 Å². The third-order valence-corrected chi connectivity index (χ3v) is 4.12. The number of nitrogens with zero attached hydrogens (tertiary/aromatic N) is 1. The summed E-state index contributed by atoms with van der Waals surface area (Å²) in [5.41, 5.74) is 0.697. The molecule has 2 nitrogen and oxygen atoms in total. The van der Waals surface area contributed by atoms with Gasteiger partial charge in [0.05, 0.1) is 32.1 Å². The SMILES string of the molecule is N#CCC[NH+]1CCCC2(CCCC2)C1.[Cl-]. The summed E-state index contributed by atoms with van der Waals surface area (Å²) in [6, 6.07) is 2.27. The van der Waals surface area contributed by atoms with Crippen molar-refractivity contribution in [1.29, 1.82) is 5.26 Å².